The van der Waals surface area contributed by atoms with E-state index in [2.05, 4.69) is 0 Å². The Morgan fingerprint density at radius 3 is 2.52 bits per heavy atom. The molecule has 0 bridgehead atoms. The van der Waals surface area contributed by atoms with Crippen molar-refractivity contribution in [2.45, 2.75) is 11.3 Å². The van der Waals surface area contributed by atoms with E-state index in [0.717, 1.165) is 0 Å². The number of hydrogen-bond acceptors (Lipinski definition) is 5. The molecule has 21 heavy (non-hydrogen) atoms. The number of sulfonamides is 1. The van der Waals surface area contributed by atoms with Crippen LogP contribution in [-0.4, -0.2) is 55.2 Å². The highest BCUT2D eigenvalue weighted by Crippen LogP contribution is 2.25. The van der Waals surface area contributed by atoms with Crippen molar-refractivity contribution in [3.8, 4) is 5.75 Å². The maximum absolute atomic E-state index is 12.4. The highest BCUT2D eigenvalue weighted by molar-refractivity contribution is 7.89. The predicted octanol–water partition coefficient (Wildman–Crippen LogP) is 0.153. The largest absolute Gasteiger partial charge is 0.482 e. The Hall–Kier alpha value is -1.64. The van der Waals surface area contributed by atoms with Crippen LogP contribution in [-0.2, 0) is 14.8 Å². The van der Waals surface area contributed by atoms with Gasteiger partial charge >= 0.3 is 5.97 Å². The molecule has 1 atom stereocenters. The van der Waals surface area contributed by atoms with Crippen molar-refractivity contribution < 1.29 is 28.2 Å². The number of aliphatic carboxylic acids is 1. The molecule has 1 aliphatic rings. The van der Waals surface area contributed by atoms with Gasteiger partial charge in [0.1, 0.15) is 5.75 Å². The van der Waals surface area contributed by atoms with E-state index >= 15 is 0 Å². The fourth-order valence-electron chi connectivity index (χ4n) is 2.17. The van der Waals surface area contributed by atoms with Crippen molar-refractivity contribution in [2.75, 3.05) is 26.3 Å². The lowest BCUT2D eigenvalue weighted by Crippen LogP contribution is -2.29. The van der Waals surface area contributed by atoms with Gasteiger partial charge in [0.15, 0.2) is 6.61 Å². The number of ether oxygens (including phenoxy) is 1. The fraction of sp³-hybridized carbons (Fsp3) is 0.462. The molecule has 0 saturated carbocycles. The lowest BCUT2D eigenvalue weighted by molar-refractivity contribution is -0.139. The highest BCUT2D eigenvalue weighted by Gasteiger charge is 2.32. The average Bonchev–Trinajstić information content (AvgIpc) is 2.95. The third-order valence-corrected chi connectivity index (χ3v) is 5.21. The second kappa shape index (κ2) is 6.42. The summed E-state index contributed by atoms with van der Waals surface area (Å²) in [6, 6.07) is 5.63. The molecule has 0 spiro atoms. The maximum atomic E-state index is 12.4. The first-order chi connectivity index (χ1) is 9.93. The van der Waals surface area contributed by atoms with Crippen LogP contribution in [0.25, 0.3) is 0 Å². The first-order valence-corrected chi connectivity index (χ1v) is 7.93. The molecule has 116 valence electrons. The quantitative estimate of drug-likeness (QED) is 0.774. The summed E-state index contributed by atoms with van der Waals surface area (Å²) >= 11 is 0. The summed E-state index contributed by atoms with van der Waals surface area (Å²) in [4.78, 5) is 10.5. The summed E-state index contributed by atoms with van der Waals surface area (Å²) in [7, 11) is -3.58. The molecule has 2 rings (SSSR count). The first-order valence-electron chi connectivity index (χ1n) is 6.49. The predicted molar refractivity (Wildman–Crippen MR) is 73.5 cm³/mol. The number of carboxylic acids is 1. The molecule has 1 aromatic carbocycles. The van der Waals surface area contributed by atoms with Crippen LogP contribution in [0.2, 0.25) is 0 Å². The summed E-state index contributed by atoms with van der Waals surface area (Å²) in [6.45, 7) is 0.214. The van der Waals surface area contributed by atoms with Gasteiger partial charge in [0.25, 0.3) is 0 Å². The number of carboxylic acid groups (broad SMARTS) is 1. The molecule has 0 aromatic heterocycles. The molecule has 1 aromatic rings. The summed E-state index contributed by atoms with van der Waals surface area (Å²) in [5, 5.41) is 17.6. The number of aliphatic hydroxyl groups is 1. The summed E-state index contributed by atoms with van der Waals surface area (Å²) in [6.07, 6.45) is 0.648. The number of hydrogen-bond donors (Lipinski definition) is 2. The van der Waals surface area contributed by atoms with Crippen molar-refractivity contribution in [3.05, 3.63) is 24.3 Å². The third-order valence-electron chi connectivity index (χ3n) is 3.33. The molecule has 1 unspecified atom stereocenters. The minimum Gasteiger partial charge on any atom is -0.482 e. The molecule has 1 saturated heterocycles. The van der Waals surface area contributed by atoms with E-state index in [-0.39, 0.29) is 17.4 Å². The van der Waals surface area contributed by atoms with E-state index in [1.54, 1.807) is 0 Å². The lowest BCUT2D eigenvalue weighted by atomic mass is 10.1. The van der Waals surface area contributed by atoms with Crippen LogP contribution < -0.4 is 4.74 Å². The third kappa shape index (κ3) is 3.72. The monoisotopic (exact) mass is 315 g/mol. The van der Waals surface area contributed by atoms with Gasteiger partial charge in [-0.15, -0.1) is 0 Å². The Labute approximate surface area is 122 Å². The van der Waals surface area contributed by atoms with Gasteiger partial charge in [-0.05, 0) is 36.6 Å². The van der Waals surface area contributed by atoms with E-state index in [9.17, 15) is 13.2 Å². The second-order valence-electron chi connectivity index (χ2n) is 4.85. The minimum absolute atomic E-state index is 0.0158. The Morgan fingerprint density at radius 1 is 1.33 bits per heavy atom. The Balaban J connectivity index is 2.08. The van der Waals surface area contributed by atoms with Crippen molar-refractivity contribution >= 4 is 16.0 Å². The smallest absolute Gasteiger partial charge is 0.341 e. The van der Waals surface area contributed by atoms with Gasteiger partial charge in [0.2, 0.25) is 10.0 Å². The van der Waals surface area contributed by atoms with Gasteiger partial charge in [-0.2, -0.15) is 4.31 Å². The second-order valence-corrected chi connectivity index (χ2v) is 6.79. The van der Waals surface area contributed by atoms with E-state index in [1.807, 2.05) is 0 Å². The first kappa shape index (κ1) is 15.7. The molecular formula is C13H17NO6S. The van der Waals surface area contributed by atoms with Crippen LogP contribution in [0, 0.1) is 5.92 Å². The van der Waals surface area contributed by atoms with Crippen LogP contribution in [0.4, 0.5) is 0 Å². The molecule has 7 nitrogen and oxygen atoms in total. The zero-order valence-electron chi connectivity index (χ0n) is 11.3. The van der Waals surface area contributed by atoms with Gasteiger partial charge < -0.3 is 14.9 Å². The molecular weight excluding hydrogens is 298 g/mol. The normalized spacial score (nSPS) is 19.6. The van der Waals surface area contributed by atoms with Gasteiger partial charge in [-0.3, -0.25) is 0 Å². The highest BCUT2D eigenvalue weighted by atomic mass is 32.2. The Kier molecular flexibility index (Phi) is 4.81. The van der Waals surface area contributed by atoms with Gasteiger partial charge in [0.05, 0.1) is 4.90 Å². The fourth-order valence-corrected chi connectivity index (χ4v) is 3.70. The summed E-state index contributed by atoms with van der Waals surface area (Å²) in [5.74, 6) is -0.817. The van der Waals surface area contributed by atoms with E-state index < -0.39 is 22.6 Å². The van der Waals surface area contributed by atoms with E-state index in [0.29, 0.717) is 25.3 Å². The molecule has 0 amide bonds. The van der Waals surface area contributed by atoms with Crippen molar-refractivity contribution in [1.82, 2.24) is 4.31 Å². The Bertz CT molecular complexity index is 598. The average molecular weight is 315 g/mol. The van der Waals surface area contributed by atoms with Crippen molar-refractivity contribution in [2.24, 2.45) is 5.92 Å². The van der Waals surface area contributed by atoms with Gasteiger partial charge in [0, 0.05) is 19.7 Å². The van der Waals surface area contributed by atoms with Gasteiger partial charge in [-0.25, -0.2) is 13.2 Å². The van der Waals surface area contributed by atoms with Crippen molar-refractivity contribution in [1.29, 1.82) is 0 Å². The molecule has 0 radical (unpaired) electrons. The zero-order chi connectivity index (χ0) is 15.5. The molecule has 8 heteroatoms. The van der Waals surface area contributed by atoms with Crippen LogP contribution in [0.15, 0.2) is 29.2 Å². The van der Waals surface area contributed by atoms with Crippen LogP contribution >= 0.6 is 0 Å². The number of aliphatic hydroxyl groups excluding tert-OH is 1. The summed E-state index contributed by atoms with van der Waals surface area (Å²) < 4.78 is 31.1. The lowest BCUT2D eigenvalue weighted by Gasteiger charge is -2.16. The Morgan fingerprint density at radius 2 is 2.00 bits per heavy atom. The van der Waals surface area contributed by atoms with Crippen LogP contribution in [0.5, 0.6) is 5.75 Å². The maximum Gasteiger partial charge on any atom is 0.341 e. The topological polar surface area (TPSA) is 104 Å². The number of rotatable bonds is 6. The molecule has 1 heterocycles. The minimum atomic E-state index is -3.58. The van der Waals surface area contributed by atoms with Gasteiger partial charge in [-0.1, -0.05) is 0 Å². The van der Waals surface area contributed by atoms with E-state index in [1.165, 1.54) is 28.6 Å². The molecule has 1 fully saturated rings. The number of carbonyl (C=O) groups is 1. The zero-order valence-corrected chi connectivity index (χ0v) is 12.1. The standard InChI is InChI=1S/C13H17NO6S/c15-8-10-5-6-14(7-10)21(18,19)12-3-1-11(2-4-12)20-9-13(16)17/h1-4,10,15H,5-9H2,(H,16,17). The SMILES string of the molecule is O=C(O)COc1ccc(S(=O)(=O)N2CCC(CO)C2)cc1. The van der Waals surface area contributed by atoms with Crippen LogP contribution in [0.1, 0.15) is 6.42 Å². The molecule has 2 N–H and O–H groups in total. The molecule has 0 aliphatic carbocycles. The summed E-state index contributed by atoms with van der Waals surface area (Å²) in [5.41, 5.74) is 0. The number of benzene rings is 1. The van der Waals surface area contributed by atoms with E-state index in [4.69, 9.17) is 14.9 Å². The van der Waals surface area contributed by atoms with Crippen molar-refractivity contribution in [3.63, 3.8) is 0 Å². The molecule has 1 aliphatic heterocycles. The van der Waals surface area contributed by atoms with Crippen LogP contribution in [0.3, 0.4) is 0 Å². The number of nitrogens with zero attached hydrogens (tertiary/aromatic N) is 1.